The summed E-state index contributed by atoms with van der Waals surface area (Å²) in [6.07, 6.45) is 3.23. The van der Waals surface area contributed by atoms with Gasteiger partial charge in [-0.15, -0.1) is 0 Å². The predicted molar refractivity (Wildman–Crippen MR) is 172 cm³/mol. The van der Waals surface area contributed by atoms with Crippen molar-refractivity contribution >= 4 is 0 Å². The zero-order chi connectivity index (χ0) is 31.1. The number of hydrogen-bond acceptors (Lipinski definition) is 7. The Morgan fingerprint density at radius 2 is 1.28 bits per heavy atom. The summed E-state index contributed by atoms with van der Waals surface area (Å²) in [5.41, 5.74) is 6.46. The normalized spacial score (nSPS) is 13.5. The fourth-order valence-corrected chi connectivity index (χ4v) is 5.10. The summed E-state index contributed by atoms with van der Waals surface area (Å²) in [7, 11) is 0. The van der Waals surface area contributed by atoms with Crippen molar-refractivity contribution in [2.24, 2.45) is 0 Å². The standard InChI is InChI=1S/C36H45N3O4/c1-8-10-17-36(7,9-2)43-22-27(40)21-42-28-13-16-31(32(41)20-28)35-38-33(29-14-11-23(3)18-25(29)5)37-34(39-35)30-15-12-24(4)19-26(30)6/h11-16,18-20,27,40-41H,8-10,17,21-22H2,1-7H3. The van der Waals surface area contributed by atoms with Gasteiger partial charge in [0.2, 0.25) is 0 Å². The third-order valence-electron chi connectivity index (χ3n) is 7.96. The number of phenolic OH excluding ortho intramolecular Hbond substituents is 1. The molecule has 4 aromatic rings. The Balaban J connectivity index is 1.59. The van der Waals surface area contributed by atoms with Crippen LogP contribution in [-0.2, 0) is 4.74 Å². The fourth-order valence-electron chi connectivity index (χ4n) is 5.10. The molecule has 1 aromatic heterocycles. The first kappa shape index (κ1) is 32.1. The quantitative estimate of drug-likeness (QED) is 0.165. The van der Waals surface area contributed by atoms with E-state index in [9.17, 15) is 10.2 Å². The summed E-state index contributed by atoms with van der Waals surface area (Å²) in [4.78, 5) is 14.5. The van der Waals surface area contributed by atoms with Gasteiger partial charge in [0.05, 0.1) is 17.8 Å². The van der Waals surface area contributed by atoms with Gasteiger partial charge in [-0.05, 0) is 70.7 Å². The van der Waals surface area contributed by atoms with Crippen molar-refractivity contribution in [3.8, 4) is 45.7 Å². The van der Waals surface area contributed by atoms with Crippen LogP contribution >= 0.6 is 0 Å². The van der Waals surface area contributed by atoms with Gasteiger partial charge in [0.1, 0.15) is 24.2 Å². The molecule has 4 rings (SSSR count). The van der Waals surface area contributed by atoms with Gasteiger partial charge in [0, 0.05) is 17.2 Å². The van der Waals surface area contributed by atoms with Crippen LogP contribution in [0.25, 0.3) is 34.2 Å². The van der Waals surface area contributed by atoms with Crippen LogP contribution in [0.2, 0.25) is 0 Å². The molecular weight excluding hydrogens is 538 g/mol. The Kier molecular flexibility index (Phi) is 10.5. The molecule has 0 bridgehead atoms. The van der Waals surface area contributed by atoms with E-state index in [4.69, 9.17) is 24.4 Å². The van der Waals surface area contributed by atoms with Gasteiger partial charge in [0.25, 0.3) is 0 Å². The van der Waals surface area contributed by atoms with Gasteiger partial charge in [-0.3, -0.25) is 0 Å². The van der Waals surface area contributed by atoms with Crippen molar-refractivity contribution < 1.29 is 19.7 Å². The summed E-state index contributed by atoms with van der Waals surface area (Å²) < 4.78 is 11.9. The highest BCUT2D eigenvalue weighted by molar-refractivity contribution is 5.72. The molecule has 1 heterocycles. The molecule has 0 aliphatic heterocycles. The molecule has 7 nitrogen and oxygen atoms in total. The maximum Gasteiger partial charge on any atom is 0.167 e. The molecule has 0 fully saturated rings. The third kappa shape index (κ3) is 8.18. The van der Waals surface area contributed by atoms with E-state index in [1.54, 1.807) is 12.1 Å². The van der Waals surface area contributed by atoms with E-state index in [0.29, 0.717) is 28.8 Å². The number of aliphatic hydroxyl groups is 1. The monoisotopic (exact) mass is 583 g/mol. The van der Waals surface area contributed by atoms with Gasteiger partial charge in [0.15, 0.2) is 17.5 Å². The molecule has 0 saturated carbocycles. The van der Waals surface area contributed by atoms with Crippen LogP contribution in [0.5, 0.6) is 11.5 Å². The molecule has 7 heteroatoms. The average Bonchev–Trinajstić information content (AvgIpc) is 2.97. The summed E-state index contributed by atoms with van der Waals surface area (Å²) in [5.74, 6) is 1.86. The van der Waals surface area contributed by atoms with E-state index in [1.807, 2.05) is 38.1 Å². The minimum absolute atomic E-state index is 0.0225. The van der Waals surface area contributed by atoms with Crippen molar-refractivity contribution in [3.05, 3.63) is 76.9 Å². The molecule has 0 aliphatic carbocycles. The molecule has 228 valence electrons. The fraction of sp³-hybridized carbons (Fsp3) is 0.417. The van der Waals surface area contributed by atoms with Crippen LogP contribution in [0, 0.1) is 27.7 Å². The molecule has 2 N–H and O–H groups in total. The van der Waals surface area contributed by atoms with E-state index in [2.05, 4.69) is 46.8 Å². The Morgan fingerprint density at radius 1 is 0.744 bits per heavy atom. The zero-order valence-electron chi connectivity index (χ0n) is 26.6. The largest absolute Gasteiger partial charge is 0.507 e. The Hall–Kier alpha value is -3.81. The number of phenols is 1. The van der Waals surface area contributed by atoms with Crippen molar-refractivity contribution in [3.63, 3.8) is 0 Å². The number of benzene rings is 3. The van der Waals surface area contributed by atoms with Crippen molar-refractivity contribution in [1.82, 2.24) is 15.0 Å². The van der Waals surface area contributed by atoms with E-state index < -0.39 is 6.10 Å². The number of aromatic nitrogens is 3. The Morgan fingerprint density at radius 3 is 1.77 bits per heavy atom. The highest BCUT2D eigenvalue weighted by atomic mass is 16.5. The SMILES string of the molecule is CCCCC(C)(CC)OCC(O)COc1ccc(-c2nc(-c3ccc(C)cc3C)nc(-c3ccc(C)cc3C)n2)c(O)c1. The molecular formula is C36H45N3O4. The maximum atomic E-state index is 11.1. The number of rotatable bonds is 13. The van der Waals surface area contributed by atoms with Crippen LogP contribution in [-0.4, -0.2) is 50.1 Å². The van der Waals surface area contributed by atoms with Crippen LogP contribution in [0.1, 0.15) is 68.7 Å². The highest BCUT2D eigenvalue weighted by Crippen LogP contribution is 2.34. The maximum absolute atomic E-state index is 11.1. The lowest BCUT2D eigenvalue weighted by Crippen LogP contribution is -2.34. The number of aliphatic hydroxyl groups excluding tert-OH is 1. The predicted octanol–water partition coefficient (Wildman–Crippen LogP) is 7.93. The first-order valence-electron chi connectivity index (χ1n) is 15.2. The summed E-state index contributed by atoms with van der Waals surface area (Å²) >= 11 is 0. The minimum atomic E-state index is -0.793. The topological polar surface area (TPSA) is 97.6 Å². The van der Waals surface area contributed by atoms with Crippen molar-refractivity contribution in [2.45, 2.75) is 85.9 Å². The molecule has 0 aliphatic rings. The lowest BCUT2D eigenvalue weighted by molar-refractivity contribution is -0.0840. The number of hydrogen-bond donors (Lipinski definition) is 2. The Bertz CT molecular complexity index is 1480. The van der Waals surface area contributed by atoms with Gasteiger partial charge in [-0.1, -0.05) is 74.2 Å². The number of ether oxygens (including phenoxy) is 2. The molecule has 0 amide bonds. The van der Waals surface area contributed by atoms with Gasteiger partial charge in [-0.25, -0.2) is 15.0 Å². The minimum Gasteiger partial charge on any atom is -0.507 e. The highest BCUT2D eigenvalue weighted by Gasteiger charge is 2.24. The molecule has 0 radical (unpaired) electrons. The van der Waals surface area contributed by atoms with Crippen molar-refractivity contribution in [1.29, 1.82) is 0 Å². The zero-order valence-corrected chi connectivity index (χ0v) is 26.6. The third-order valence-corrected chi connectivity index (χ3v) is 7.96. The van der Waals surface area contributed by atoms with Crippen LogP contribution in [0.4, 0.5) is 0 Å². The van der Waals surface area contributed by atoms with Crippen LogP contribution in [0.15, 0.2) is 54.6 Å². The first-order chi connectivity index (χ1) is 20.5. The second-order valence-electron chi connectivity index (χ2n) is 11.8. The molecule has 2 atom stereocenters. The molecule has 43 heavy (non-hydrogen) atoms. The molecule has 0 spiro atoms. The van der Waals surface area contributed by atoms with Crippen molar-refractivity contribution in [2.75, 3.05) is 13.2 Å². The van der Waals surface area contributed by atoms with Crippen LogP contribution in [0.3, 0.4) is 0 Å². The smallest absolute Gasteiger partial charge is 0.167 e. The van der Waals surface area contributed by atoms with E-state index in [0.717, 1.165) is 59.1 Å². The first-order valence-corrected chi connectivity index (χ1v) is 15.2. The lowest BCUT2D eigenvalue weighted by Gasteiger charge is -2.30. The summed E-state index contributed by atoms with van der Waals surface area (Å²) in [6.45, 7) is 14.8. The second kappa shape index (κ2) is 14.1. The molecule has 3 aromatic carbocycles. The van der Waals surface area contributed by atoms with Gasteiger partial charge >= 0.3 is 0 Å². The number of unbranched alkanes of at least 4 members (excludes halogenated alkanes) is 1. The number of nitrogens with zero attached hydrogens (tertiary/aromatic N) is 3. The summed E-state index contributed by atoms with van der Waals surface area (Å²) in [6, 6.07) is 17.3. The van der Waals surface area contributed by atoms with Gasteiger partial charge < -0.3 is 19.7 Å². The summed E-state index contributed by atoms with van der Waals surface area (Å²) in [5, 5.41) is 21.6. The number of aryl methyl sites for hydroxylation is 4. The van der Waals surface area contributed by atoms with E-state index in [1.165, 1.54) is 6.07 Å². The van der Waals surface area contributed by atoms with E-state index in [-0.39, 0.29) is 24.6 Å². The average molecular weight is 584 g/mol. The lowest BCUT2D eigenvalue weighted by atomic mass is 9.96. The molecule has 0 saturated heterocycles. The number of aromatic hydroxyl groups is 1. The van der Waals surface area contributed by atoms with Gasteiger partial charge in [-0.2, -0.15) is 0 Å². The Labute approximate surface area is 256 Å². The van der Waals surface area contributed by atoms with Crippen LogP contribution < -0.4 is 4.74 Å². The second-order valence-corrected chi connectivity index (χ2v) is 11.8. The molecule has 2 unspecified atom stereocenters. The van der Waals surface area contributed by atoms with E-state index >= 15 is 0 Å².